The van der Waals surface area contributed by atoms with Gasteiger partial charge in [-0.25, -0.2) is 9.79 Å². The molecule has 0 atom stereocenters. The molecule has 0 fully saturated rings. The van der Waals surface area contributed by atoms with Gasteiger partial charge in [0.2, 0.25) is 5.91 Å². The minimum absolute atomic E-state index is 0.0410. The van der Waals surface area contributed by atoms with Crippen molar-refractivity contribution in [3.63, 3.8) is 0 Å². The van der Waals surface area contributed by atoms with Crippen molar-refractivity contribution >= 4 is 23.6 Å². The lowest BCUT2D eigenvalue weighted by Gasteiger charge is -2.20. The average Bonchev–Trinajstić information content (AvgIpc) is 2.61. The molecule has 1 aromatic carbocycles. The first kappa shape index (κ1) is 27.1. The fraction of sp³-hybridized carbons (Fsp3) is 0.609. The molecule has 0 aliphatic rings. The maximum absolute atomic E-state index is 12.2. The Balaban J connectivity index is 2.72. The molecule has 0 bridgehead atoms. The Morgan fingerprint density at radius 1 is 0.969 bits per heavy atom. The van der Waals surface area contributed by atoms with Gasteiger partial charge in [-0.2, -0.15) is 0 Å². The summed E-state index contributed by atoms with van der Waals surface area (Å²) in [6, 6.07) is 7.44. The number of nitrogens with one attached hydrogen (secondary N) is 4. The highest BCUT2D eigenvalue weighted by molar-refractivity contribution is 5.95. The summed E-state index contributed by atoms with van der Waals surface area (Å²) in [7, 11) is 0. The number of anilines is 1. The molecule has 0 unspecified atom stereocenters. The largest absolute Gasteiger partial charge is 0.491 e. The van der Waals surface area contributed by atoms with E-state index >= 15 is 0 Å². The van der Waals surface area contributed by atoms with Gasteiger partial charge in [-0.05, 0) is 79.7 Å². The van der Waals surface area contributed by atoms with E-state index in [9.17, 15) is 9.59 Å². The molecule has 9 heteroatoms. The third kappa shape index (κ3) is 13.4. The van der Waals surface area contributed by atoms with E-state index in [2.05, 4.69) is 26.3 Å². The van der Waals surface area contributed by atoms with Crippen molar-refractivity contribution in [1.29, 1.82) is 0 Å². The van der Waals surface area contributed by atoms with Crippen molar-refractivity contribution in [3.05, 3.63) is 24.3 Å². The smallest absolute Gasteiger partial charge is 0.407 e. The van der Waals surface area contributed by atoms with E-state index in [1.165, 1.54) is 0 Å². The first-order valence-corrected chi connectivity index (χ1v) is 10.8. The number of hydrogen-bond donors (Lipinski definition) is 4. The Morgan fingerprint density at radius 2 is 1.56 bits per heavy atom. The highest BCUT2D eigenvalue weighted by atomic mass is 16.6. The van der Waals surface area contributed by atoms with Crippen molar-refractivity contribution < 1.29 is 19.1 Å². The number of hydrogen-bond acceptors (Lipinski definition) is 5. The maximum atomic E-state index is 12.2. The molecule has 1 rings (SSSR count). The van der Waals surface area contributed by atoms with Crippen LogP contribution in [0.4, 0.5) is 10.5 Å². The Kier molecular flexibility index (Phi) is 10.3. The zero-order valence-corrected chi connectivity index (χ0v) is 20.6. The van der Waals surface area contributed by atoms with Crippen molar-refractivity contribution in [2.24, 2.45) is 4.99 Å². The van der Waals surface area contributed by atoms with E-state index in [4.69, 9.17) is 9.47 Å². The highest BCUT2D eigenvalue weighted by Crippen LogP contribution is 2.16. The molecule has 0 aromatic heterocycles. The minimum atomic E-state index is -0.558. The normalized spacial score (nSPS) is 12.2. The third-order valence-corrected chi connectivity index (χ3v) is 3.47. The van der Waals surface area contributed by atoms with Crippen LogP contribution in [0, 0.1) is 0 Å². The van der Waals surface area contributed by atoms with Gasteiger partial charge in [-0.1, -0.05) is 0 Å². The van der Waals surface area contributed by atoms with Gasteiger partial charge in [0.15, 0.2) is 5.96 Å². The van der Waals surface area contributed by atoms with Crippen LogP contribution in [0.25, 0.3) is 0 Å². The summed E-state index contributed by atoms with van der Waals surface area (Å²) in [4.78, 5) is 28.3. The number of rotatable bonds is 8. The van der Waals surface area contributed by atoms with Crippen molar-refractivity contribution in [2.75, 3.05) is 25.0 Å². The van der Waals surface area contributed by atoms with Crippen LogP contribution in [0.15, 0.2) is 29.3 Å². The predicted octanol–water partition coefficient (Wildman–Crippen LogP) is 3.27. The zero-order valence-electron chi connectivity index (χ0n) is 20.6. The van der Waals surface area contributed by atoms with E-state index < -0.39 is 11.7 Å². The van der Waals surface area contributed by atoms with E-state index in [-0.39, 0.29) is 24.1 Å². The first-order valence-electron chi connectivity index (χ1n) is 10.8. The molecule has 0 heterocycles. The van der Waals surface area contributed by atoms with E-state index in [1.54, 1.807) is 20.8 Å². The topological polar surface area (TPSA) is 113 Å². The second kappa shape index (κ2) is 12.2. The minimum Gasteiger partial charge on any atom is -0.491 e. The van der Waals surface area contributed by atoms with Crippen molar-refractivity contribution in [2.45, 2.75) is 72.6 Å². The summed E-state index contributed by atoms with van der Waals surface area (Å²) in [6.07, 6.45) is -0.401. The summed E-state index contributed by atoms with van der Waals surface area (Å²) < 4.78 is 10.9. The van der Waals surface area contributed by atoms with Crippen LogP contribution in [0.1, 0.15) is 55.4 Å². The zero-order chi connectivity index (χ0) is 24.4. The van der Waals surface area contributed by atoms with Gasteiger partial charge < -0.3 is 30.7 Å². The number of nitrogens with zero attached hydrogens (tertiary/aromatic N) is 1. The molecule has 4 N–H and O–H groups in total. The lowest BCUT2D eigenvalue weighted by atomic mass is 10.1. The molecule has 0 saturated heterocycles. The van der Waals surface area contributed by atoms with Crippen LogP contribution in [-0.2, 0) is 9.53 Å². The standard InChI is InChI=1S/C23H39N5O4/c1-16(2)31-18-11-9-17(10-12-18)27-20(26-15-19(29)28-22(3,4)5)24-13-14-25-21(30)32-23(6,7)8/h9-12,16H,13-15H2,1-8H3,(H,25,30)(H,28,29)(H2,24,26,27). The van der Waals surface area contributed by atoms with Crippen LogP contribution in [0.3, 0.4) is 0 Å². The molecule has 0 radical (unpaired) electrons. The van der Waals surface area contributed by atoms with Gasteiger partial charge >= 0.3 is 6.09 Å². The lowest BCUT2D eigenvalue weighted by molar-refractivity contribution is -0.121. The van der Waals surface area contributed by atoms with Gasteiger partial charge in [0.05, 0.1) is 6.10 Å². The Morgan fingerprint density at radius 3 is 2.09 bits per heavy atom. The van der Waals surface area contributed by atoms with E-state index in [0.717, 1.165) is 11.4 Å². The molecule has 2 amide bonds. The third-order valence-electron chi connectivity index (χ3n) is 3.47. The SMILES string of the molecule is CC(C)Oc1ccc(NC(=NCC(=O)NC(C)(C)C)NCCNC(=O)OC(C)(C)C)cc1. The Hall–Kier alpha value is -2.97. The molecule has 1 aromatic rings. The summed E-state index contributed by atoms with van der Waals surface area (Å²) in [6.45, 7) is 15.8. The molecular weight excluding hydrogens is 410 g/mol. The van der Waals surface area contributed by atoms with E-state index in [1.807, 2.05) is 58.9 Å². The van der Waals surface area contributed by atoms with Gasteiger partial charge in [0, 0.05) is 24.3 Å². The predicted molar refractivity (Wildman–Crippen MR) is 128 cm³/mol. The quantitative estimate of drug-likeness (QED) is 0.275. The van der Waals surface area contributed by atoms with Crippen molar-refractivity contribution in [3.8, 4) is 5.75 Å². The summed E-state index contributed by atoms with van der Waals surface area (Å²) >= 11 is 0. The van der Waals surface area contributed by atoms with Crippen LogP contribution < -0.4 is 26.0 Å². The lowest BCUT2D eigenvalue weighted by Crippen LogP contribution is -2.43. The second-order valence-electron chi connectivity index (χ2n) is 9.63. The molecule has 9 nitrogen and oxygen atoms in total. The molecule has 32 heavy (non-hydrogen) atoms. The number of guanidine groups is 1. The summed E-state index contributed by atoms with van der Waals surface area (Å²) in [5.41, 5.74) is -0.113. The molecule has 0 saturated carbocycles. The molecule has 0 aliphatic carbocycles. The number of alkyl carbamates (subject to hydrolysis) is 1. The van der Waals surface area contributed by atoms with Gasteiger partial charge in [-0.15, -0.1) is 0 Å². The fourth-order valence-corrected chi connectivity index (χ4v) is 2.43. The number of benzene rings is 1. The highest BCUT2D eigenvalue weighted by Gasteiger charge is 2.16. The number of aliphatic imine (C=N–C) groups is 1. The van der Waals surface area contributed by atoms with Gasteiger partial charge in [0.25, 0.3) is 0 Å². The molecule has 0 spiro atoms. The van der Waals surface area contributed by atoms with Gasteiger partial charge in [-0.3, -0.25) is 4.79 Å². The number of amides is 2. The van der Waals surface area contributed by atoms with Crippen LogP contribution in [-0.4, -0.2) is 54.8 Å². The number of carbonyl (C=O) groups is 2. The molecular formula is C23H39N5O4. The maximum Gasteiger partial charge on any atom is 0.407 e. The van der Waals surface area contributed by atoms with Crippen LogP contribution in [0.2, 0.25) is 0 Å². The summed E-state index contributed by atoms with van der Waals surface area (Å²) in [5, 5.41) is 11.8. The summed E-state index contributed by atoms with van der Waals surface area (Å²) in [5.74, 6) is 0.992. The Bertz CT molecular complexity index is 762. The van der Waals surface area contributed by atoms with Crippen LogP contribution >= 0.6 is 0 Å². The monoisotopic (exact) mass is 449 g/mol. The van der Waals surface area contributed by atoms with Crippen LogP contribution in [0.5, 0.6) is 5.75 Å². The van der Waals surface area contributed by atoms with E-state index in [0.29, 0.717) is 19.0 Å². The molecule has 180 valence electrons. The number of ether oxygens (including phenoxy) is 2. The molecule has 0 aliphatic heterocycles. The average molecular weight is 450 g/mol. The number of carbonyl (C=O) groups excluding carboxylic acids is 2. The fourth-order valence-electron chi connectivity index (χ4n) is 2.43. The second-order valence-corrected chi connectivity index (χ2v) is 9.63. The Labute approximate surface area is 191 Å². The first-order chi connectivity index (χ1) is 14.7. The van der Waals surface area contributed by atoms with Gasteiger partial charge in [0.1, 0.15) is 17.9 Å². The van der Waals surface area contributed by atoms with Crippen molar-refractivity contribution in [1.82, 2.24) is 16.0 Å².